The Labute approximate surface area is 134 Å². The molecule has 0 aliphatic carbocycles. The molecule has 6 heteroatoms. The first kappa shape index (κ1) is 15.0. The number of nitrogens with zero attached hydrogens (tertiary/aromatic N) is 3. The summed E-state index contributed by atoms with van der Waals surface area (Å²) in [5.74, 6) is -0.769. The Morgan fingerprint density at radius 2 is 1.61 bits per heavy atom. The number of benzene rings is 1. The number of carbonyl (C=O) groups excluding carboxylic acids is 2. The maximum atomic E-state index is 12.2. The van der Waals surface area contributed by atoms with Crippen molar-refractivity contribution < 1.29 is 9.59 Å². The van der Waals surface area contributed by atoms with Crippen LogP contribution in [0.4, 0.5) is 11.5 Å². The van der Waals surface area contributed by atoms with E-state index < -0.39 is 11.8 Å². The highest BCUT2D eigenvalue weighted by Gasteiger charge is 2.26. The second kappa shape index (κ2) is 6.91. The minimum atomic E-state index is -0.642. The van der Waals surface area contributed by atoms with Gasteiger partial charge in [0.15, 0.2) is 0 Å². The van der Waals surface area contributed by atoms with E-state index in [1.807, 2.05) is 30.3 Å². The Morgan fingerprint density at radius 3 is 2.26 bits per heavy atom. The van der Waals surface area contributed by atoms with Gasteiger partial charge in [-0.1, -0.05) is 24.3 Å². The van der Waals surface area contributed by atoms with E-state index in [1.54, 1.807) is 29.3 Å². The van der Waals surface area contributed by atoms with Crippen molar-refractivity contribution in [2.75, 3.05) is 36.4 Å². The standard InChI is InChI=1S/C17H18N4O2/c22-16(19-15-8-4-5-9-18-15)17(23)21-12-10-20(11-13-21)14-6-2-1-3-7-14/h1-9H,10-13H2,(H,18,19,22). The van der Waals surface area contributed by atoms with E-state index in [2.05, 4.69) is 15.2 Å². The van der Waals surface area contributed by atoms with Crippen LogP contribution in [0.5, 0.6) is 0 Å². The van der Waals surface area contributed by atoms with Gasteiger partial charge in [0.1, 0.15) is 5.82 Å². The lowest BCUT2D eigenvalue weighted by Crippen LogP contribution is -2.51. The summed E-state index contributed by atoms with van der Waals surface area (Å²) < 4.78 is 0. The van der Waals surface area contributed by atoms with Gasteiger partial charge in [0.2, 0.25) is 0 Å². The van der Waals surface area contributed by atoms with Gasteiger partial charge in [-0.3, -0.25) is 9.59 Å². The summed E-state index contributed by atoms with van der Waals surface area (Å²) in [7, 11) is 0. The van der Waals surface area contributed by atoms with Crippen LogP contribution in [0.2, 0.25) is 0 Å². The van der Waals surface area contributed by atoms with E-state index >= 15 is 0 Å². The molecule has 0 saturated carbocycles. The van der Waals surface area contributed by atoms with Crippen molar-refractivity contribution in [1.29, 1.82) is 0 Å². The van der Waals surface area contributed by atoms with Gasteiger partial charge in [0.05, 0.1) is 0 Å². The van der Waals surface area contributed by atoms with Crippen LogP contribution in [0.25, 0.3) is 0 Å². The quantitative estimate of drug-likeness (QED) is 0.851. The molecule has 6 nitrogen and oxygen atoms in total. The molecule has 1 aliphatic heterocycles. The second-order valence-corrected chi connectivity index (χ2v) is 5.28. The van der Waals surface area contributed by atoms with Crippen LogP contribution < -0.4 is 10.2 Å². The maximum Gasteiger partial charge on any atom is 0.315 e. The maximum absolute atomic E-state index is 12.2. The molecule has 2 heterocycles. The van der Waals surface area contributed by atoms with Crippen LogP contribution in [-0.2, 0) is 9.59 Å². The molecule has 0 bridgehead atoms. The van der Waals surface area contributed by atoms with Crippen LogP contribution in [0.15, 0.2) is 54.7 Å². The summed E-state index contributed by atoms with van der Waals surface area (Å²) in [6.07, 6.45) is 1.57. The van der Waals surface area contributed by atoms with Crippen LogP contribution in [0.3, 0.4) is 0 Å². The Balaban J connectivity index is 1.55. The van der Waals surface area contributed by atoms with Crippen LogP contribution in [-0.4, -0.2) is 47.9 Å². The van der Waals surface area contributed by atoms with Crippen molar-refractivity contribution in [3.63, 3.8) is 0 Å². The largest absolute Gasteiger partial charge is 0.368 e. The Kier molecular flexibility index (Phi) is 4.52. The third-order valence-corrected chi connectivity index (χ3v) is 3.79. The molecule has 0 radical (unpaired) electrons. The number of anilines is 2. The number of pyridine rings is 1. The number of hydrogen-bond acceptors (Lipinski definition) is 4. The summed E-state index contributed by atoms with van der Waals surface area (Å²) in [6, 6.07) is 15.2. The second-order valence-electron chi connectivity index (χ2n) is 5.28. The lowest BCUT2D eigenvalue weighted by Gasteiger charge is -2.35. The lowest BCUT2D eigenvalue weighted by molar-refractivity contribution is -0.143. The average Bonchev–Trinajstić information content (AvgIpc) is 2.63. The summed E-state index contributed by atoms with van der Waals surface area (Å²) in [5, 5.41) is 2.53. The van der Waals surface area contributed by atoms with Gasteiger partial charge < -0.3 is 15.1 Å². The Hall–Kier alpha value is -2.89. The number of nitrogens with one attached hydrogen (secondary N) is 1. The molecule has 2 amide bonds. The highest BCUT2D eigenvalue weighted by atomic mass is 16.2. The number of rotatable bonds is 2. The zero-order chi connectivity index (χ0) is 16.1. The van der Waals surface area contributed by atoms with Crippen molar-refractivity contribution in [2.24, 2.45) is 0 Å². The molecule has 0 atom stereocenters. The van der Waals surface area contributed by atoms with E-state index in [9.17, 15) is 9.59 Å². The monoisotopic (exact) mass is 310 g/mol. The summed E-state index contributed by atoms with van der Waals surface area (Å²) >= 11 is 0. The van der Waals surface area contributed by atoms with Gasteiger partial charge >= 0.3 is 11.8 Å². The molecule has 1 saturated heterocycles. The molecule has 0 unspecified atom stereocenters. The molecule has 1 aromatic heterocycles. The van der Waals surface area contributed by atoms with Gasteiger partial charge in [-0.05, 0) is 24.3 Å². The predicted octanol–water partition coefficient (Wildman–Crippen LogP) is 1.37. The molecule has 23 heavy (non-hydrogen) atoms. The summed E-state index contributed by atoms with van der Waals surface area (Å²) in [5.41, 5.74) is 1.14. The molecular weight excluding hydrogens is 292 g/mol. The number of carbonyl (C=O) groups is 2. The van der Waals surface area contributed by atoms with Crippen molar-refractivity contribution >= 4 is 23.3 Å². The van der Waals surface area contributed by atoms with E-state index in [0.717, 1.165) is 5.69 Å². The topological polar surface area (TPSA) is 65.5 Å². The van der Waals surface area contributed by atoms with Crippen molar-refractivity contribution in [3.05, 3.63) is 54.7 Å². The first-order valence-corrected chi connectivity index (χ1v) is 7.55. The van der Waals surface area contributed by atoms with Crippen molar-refractivity contribution in [3.8, 4) is 0 Å². The van der Waals surface area contributed by atoms with Crippen LogP contribution in [0, 0.1) is 0 Å². The molecule has 0 spiro atoms. The predicted molar refractivity (Wildman–Crippen MR) is 88.1 cm³/mol. The smallest absolute Gasteiger partial charge is 0.315 e. The molecule has 2 aromatic rings. The van der Waals surface area contributed by atoms with E-state index in [0.29, 0.717) is 32.0 Å². The zero-order valence-electron chi connectivity index (χ0n) is 12.7. The van der Waals surface area contributed by atoms with E-state index in [1.165, 1.54) is 0 Å². The first-order chi connectivity index (χ1) is 11.2. The van der Waals surface area contributed by atoms with E-state index in [-0.39, 0.29) is 0 Å². The highest BCUT2D eigenvalue weighted by molar-refractivity contribution is 6.39. The highest BCUT2D eigenvalue weighted by Crippen LogP contribution is 2.15. The fraction of sp³-hybridized carbons (Fsp3) is 0.235. The third-order valence-electron chi connectivity index (χ3n) is 3.79. The molecule has 118 valence electrons. The molecule has 1 aromatic carbocycles. The average molecular weight is 310 g/mol. The molecule has 1 fully saturated rings. The minimum Gasteiger partial charge on any atom is -0.368 e. The van der Waals surface area contributed by atoms with Gasteiger partial charge in [-0.25, -0.2) is 4.98 Å². The fourth-order valence-electron chi connectivity index (χ4n) is 2.56. The van der Waals surface area contributed by atoms with Crippen molar-refractivity contribution in [1.82, 2.24) is 9.88 Å². The Morgan fingerprint density at radius 1 is 0.913 bits per heavy atom. The number of hydrogen-bond donors (Lipinski definition) is 1. The molecule has 1 N–H and O–H groups in total. The van der Waals surface area contributed by atoms with Crippen LogP contribution in [0.1, 0.15) is 0 Å². The van der Waals surface area contributed by atoms with E-state index in [4.69, 9.17) is 0 Å². The number of piperazine rings is 1. The Bertz CT molecular complexity index is 668. The normalized spacial score (nSPS) is 14.4. The molecule has 1 aliphatic rings. The molecule has 3 rings (SSSR count). The van der Waals surface area contributed by atoms with Gasteiger partial charge in [0.25, 0.3) is 0 Å². The minimum absolute atomic E-state index is 0.383. The fourth-order valence-corrected chi connectivity index (χ4v) is 2.56. The number of aromatic nitrogens is 1. The number of amides is 2. The van der Waals surface area contributed by atoms with Crippen molar-refractivity contribution in [2.45, 2.75) is 0 Å². The van der Waals surface area contributed by atoms with Gasteiger partial charge in [-0.2, -0.15) is 0 Å². The van der Waals surface area contributed by atoms with Gasteiger partial charge in [0, 0.05) is 38.1 Å². The van der Waals surface area contributed by atoms with Crippen LogP contribution >= 0.6 is 0 Å². The SMILES string of the molecule is O=C(Nc1ccccn1)C(=O)N1CCN(c2ccccc2)CC1. The lowest BCUT2D eigenvalue weighted by atomic mass is 10.2. The summed E-state index contributed by atoms with van der Waals surface area (Å²) in [4.78, 5) is 32.0. The molecular formula is C17H18N4O2. The summed E-state index contributed by atoms with van der Waals surface area (Å²) in [6.45, 7) is 2.49. The zero-order valence-corrected chi connectivity index (χ0v) is 12.7. The number of para-hydroxylation sites is 1. The third kappa shape index (κ3) is 3.66. The first-order valence-electron chi connectivity index (χ1n) is 7.55. The van der Waals surface area contributed by atoms with Gasteiger partial charge in [-0.15, -0.1) is 0 Å².